The number of amides is 4. The normalized spacial score (nSPS) is 23.3. The average molecular weight is 2050 g/mol. The highest BCUT2D eigenvalue weighted by Gasteiger charge is 2.58. The van der Waals surface area contributed by atoms with Crippen LogP contribution in [-0.2, 0) is 85.8 Å². The van der Waals surface area contributed by atoms with Gasteiger partial charge in [0.1, 0.15) is 62.5 Å². The van der Waals surface area contributed by atoms with Crippen molar-refractivity contribution in [2.24, 2.45) is 11.8 Å². The predicted molar refractivity (Wildman–Crippen MR) is 512 cm³/mol. The van der Waals surface area contributed by atoms with Gasteiger partial charge in [0.15, 0.2) is 122 Å². The first-order valence-corrected chi connectivity index (χ1v) is 53.8. The zero-order valence-corrected chi connectivity index (χ0v) is 83.9. The van der Waals surface area contributed by atoms with Crippen molar-refractivity contribution in [2.75, 3.05) is 60.8 Å². The number of nitrogens with one attached hydrogen (secondary N) is 6. The molecule has 10 aromatic rings. The first-order valence-electron chi connectivity index (χ1n) is 46.3. The van der Waals surface area contributed by atoms with E-state index in [0.717, 1.165) is 0 Å². The van der Waals surface area contributed by atoms with E-state index >= 15 is 8.78 Å². The highest BCUT2D eigenvalue weighted by atomic mass is 32.5. The van der Waals surface area contributed by atoms with Gasteiger partial charge in [-0.25, -0.2) is 71.4 Å². The summed E-state index contributed by atoms with van der Waals surface area (Å²) < 4.78 is 147. The number of hydrogen-bond donors (Lipinski definition) is 8. The first kappa shape index (κ1) is 104. The molecule has 6 unspecified atom stereocenters. The summed E-state index contributed by atoms with van der Waals surface area (Å²) in [4.78, 5) is 157. The van der Waals surface area contributed by atoms with E-state index in [1.165, 1.54) is 63.2 Å². The van der Waals surface area contributed by atoms with Crippen molar-refractivity contribution in [3.05, 3.63) is 153 Å². The summed E-state index contributed by atoms with van der Waals surface area (Å²) in [5, 5.41) is 37.3. The highest BCUT2D eigenvalue weighted by molar-refractivity contribution is 8.07. The Morgan fingerprint density at radius 1 is 0.579 bits per heavy atom. The van der Waals surface area contributed by atoms with Gasteiger partial charge in [0.25, 0.3) is 22.9 Å². The van der Waals surface area contributed by atoms with Crippen LogP contribution < -0.4 is 32.4 Å². The van der Waals surface area contributed by atoms with Crippen LogP contribution >= 0.6 is 15.3 Å². The van der Waals surface area contributed by atoms with Gasteiger partial charge in [-0.05, 0) is 85.2 Å². The summed E-state index contributed by atoms with van der Waals surface area (Å²) in [7, 11) is -8.09. The van der Waals surface area contributed by atoms with E-state index in [1.807, 2.05) is 67.7 Å². The fourth-order valence-electron chi connectivity index (χ4n) is 14.4. The minimum atomic E-state index is -4.08. The monoisotopic (exact) mass is 2050 g/mol. The molecule has 0 spiro atoms. The Balaban J connectivity index is 0.000000278. The number of carbonyl (C=O) groups excluding carboxylic acids is 4. The Bertz CT molecular complexity index is 6440. The van der Waals surface area contributed by atoms with Gasteiger partial charge in [0, 0.05) is 35.8 Å². The second-order valence-corrected chi connectivity index (χ2v) is 49.6. The molecule has 8 N–H and O–H groups in total. The molecule has 54 heteroatoms. The molecule has 18 atom stereocenters. The van der Waals surface area contributed by atoms with Gasteiger partial charge in [0.05, 0.1) is 56.8 Å². The number of imidazole rings is 4. The van der Waals surface area contributed by atoms with Gasteiger partial charge in [0.2, 0.25) is 36.8 Å². The number of nitriles is 1. The molecule has 47 nitrogen and oxygen atoms in total. The number of benzene rings is 2. The number of halogens is 2. The van der Waals surface area contributed by atoms with Crippen molar-refractivity contribution in [3.63, 3.8) is 0 Å². The highest BCUT2D eigenvalue weighted by Crippen LogP contribution is 2.57. The van der Waals surface area contributed by atoms with E-state index in [4.69, 9.17) is 101 Å². The molecule has 140 heavy (non-hydrogen) atoms. The number of hydrogen-bond acceptors (Lipinski definition) is 34. The third-order valence-corrected chi connectivity index (χ3v) is 36.1. The third kappa shape index (κ3) is 24.6. The SMILES string of the molecule is CC#N.[2H][2H].[3H][3H].[C-]#[N+]CCOP(=S)(OC[C@H]1O[C@@H](n2cnc3c(=O)[nH]c(NC(=O)C(C)C)nc32)C(OC(=O)O)[C@H]1O[Si](C)(C)C(C)(C)C)O[C@@H]1C(F)[C@H](n2cnc3c(NC(=O)c4ccccc4)ncnc32)O[C@@H]1CC.[C-]#[N+]CCOP(OC[C@H]1O[C@@H](n2cnc3c(=O)[nH]c(NC(=O)C(C)C)nc32)C(OC(=O)O)[C@H]1O[Si](C)(C)C(C)(C)C)O[C@@H]1C(F)[C@H](n2cnc3c(NC(=O)c4ccccc4)ncnc32)O[C@@H]1CC. The molecule has 4 aliphatic rings. The quantitative estimate of drug-likeness (QED) is 0.00594. The number of carboxylic acid groups (broad SMARTS) is 2. The van der Waals surface area contributed by atoms with Crippen LogP contribution in [0.4, 0.5) is 41.9 Å². The summed E-state index contributed by atoms with van der Waals surface area (Å²) in [5.41, 5.74) is -0.332. The van der Waals surface area contributed by atoms with Crippen LogP contribution in [0.3, 0.4) is 0 Å². The van der Waals surface area contributed by atoms with Crippen LogP contribution in [0.25, 0.3) is 54.3 Å². The topological polar surface area (TPSA) is 567 Å². The minimum absolute atomic E-state index is 0.0572. The number of ether oxygens (including phenoxy) is 6. The van der Waals surface area contributed by atoms with Crippen molar-refractivity contribution in [2.45, 2.75) is 237 Å². The summed E-state index contributed by atoms with van der Waals surface area (Å²) in [5.74, 6) is -2.80. The molecule has 4 amide bonds. The fraction of sp³-hybridized carbons (Fsp3) is 0.523. The molecule has 0 aliphatic carbocycles. The minimum Gasteiger partial charge on any atom is -0.450 e. The molecule has 2 aromatic carbocycles. The molecule has 754 valence electrons. The molecule has 14 rings (SSSR count). The molecule has 12 heterocycles. The summed E-state index contributed by atoms with van der Waals surface area (Å²) in [6, 6.07) is 18.7. The van der Waals surface area contributed by atoms with Crippen molar-refractivity contribution in [3.8, 4) is 6.07 Å². The van der Waals surface area contributed by atoms with Gasteiger partial charge in [-0.3, -0.25) is 72.2 Å². The van der Waals surface area contributed by atoms with Gasteiger partial charge < -0.3 is 90.4 Å². The Hall–Kier alpha value is -12.0. The number of rotatable bonds is 36. The smallest absolute Gasteiger partial charge is 0.450 e. The number of H-pyrrole nitrogens is 2. The van der Waals surface area contributed by atoms with E-state index in [0.29, 0.717) is 11.1 Å². The number of anilines is 4. The first-order chi connectivity index (χ1) is 68.4. The van der Waals surface area contributed by atoms with Crippen LogP contribution in [0.2, 0.25) is 36.3 Å². The molecule has 8 aromatic heterocycles. The number of aromatic amines is 2. The molecule has 0 bridgehead atoms. The predicted octanol–water partition coefficient (Wildman–Crippen LogP) is 13.8. The van der Waals surface area contributed by atoms with E-state index < -0.39 is 206 Å². The Labute approximate surface area is 814 Å². The number of carbonyl (C=O) groups is 6. The zero-order valence-electron chi connectivity index (χ0n) is 83.3. The molecule has 4 aliphatic heterocycles. The van der Waals surface area contributed by atoms with Crippen LogP contribution in [-0.4, -0.2) is 254 Å². The van der Waals surface area contributed by atoms with Crippen molar-refractivity contribution in [1.82, 2.24) is 78.1 Å². The molecular weight excluding hydrogens is 1930 g/mol. The zero-order chi connectivity index (χ0) is 106. The van der Waals surface area contributed by atoms with E-state index in [-0.39, 0.29) is 114 Å². The maximum absolute atomic E-state index is 17.0. The molecule has 4 fully saturated rings. The maximum atomic E-state index is 17.0. The molecule has 4 saturated heterocycles. The second kappa shape index (κ2) is 45.7. The number of nitrogens with zero attached hydrogens (tertiary/aromatic N) is 17. The van der Waals surface area contributed by atoms with Gasteiger partial charge >= 0.3 is 27.6 Å². The standard InChI is InChI=1S/C42H53FN11O12PSSi.C42H53FN11O12PSi.C2H3N.2H2/c1-10-24-29(26(43)38(62-24)53-20-47-27-32(45-19-46-33(27)53)49-36(56)23-14-12-11-13-15-23)65-67(68,60-17-16-44-7)61-18-25-30(66-69(8,9)42(4,5)6)31(64-41(58)59)39(63-25)54-21-48-28-34(54)50-40(52-37(28)57)51-35(55)22(2)3;1-10-24-29(26(43)38(62-24)53-20-47-27-32(45-19-46-33(27)53)49-36(56)23-14-12-11-13-15-23)65-67(60-17-16-44-7)61-18-25-30(66-68(8,9)42(4,5)6)31(64-41(58)59)39(63-25)54-21-48-28-34(54)50-40(52-37(28)57)51-35(55)22(2)3;1-2-3;;/h11-15,19-22,24-26,29-31,38-39H,10,16-18H2,1-6,8-9H3,(H,58,59)(H,45,46,49,56)(H2,50,51,52,55,57);11-15,19-22,24-26,29-31,38-39H,10,16-18H2,1-6,8-9H3,(H,58,59)(H,45,46,49,56)(H2,50,51,52,55,57);1H3;2*1H/t2*24-,25-,26?,29+,30+,31?,38-,39-,67?;;;/m11.../s1/i;;;1+2T;1+1D. The van der Waals surface area contributed by atoms with Crippen molar-refractivity contribution >= 4 is 148 Å². The summed E-state index contributed by atoms with van der Waals surface area (Å²) in [6.07, 6.45) is -16.4. The van der Waals surface area contributed by atoms with Gasteiger partial charge in [-0.15, -0.1) is 0 Å². The maximum Gasteiger partial charge on any atom is 0.506 e. The third-order valence-electron chi connectivity index (χ3n) is 23.7. The number of alkyl halides is 2. The molecule has 0 saturated carbocycles. The largest absolute Gasteiger partial charge is 0.506 e. The lowest BCUT2D eigenvalue weighted by molar-refractivity contribution is -0.119. The molecular formula is C86H113F2N23O24P2SSi2. The Kier molecular flexibility index (Phi) is 33.9. The van der Waals surface area contributed by atoms with Crippen LogP contribution in [0.15, 0.2) is 108 Å². The number of fused-ring (bicyclic) bond motifs is 4. The fourth-order valence-corrected chi connectivity index (χ4v) is 20.3. The average Bonchev–Trinajstić information content (AvgIpc) is 1.62. The molecule has 0 radical (unpaired) electrons. The Morgan fingerprint density at radius 2 is 0.964 bits per heavy atom. The lowest BCUT2D eigenvalue weighted by atomic mass is 10.1. The Morgan fingerprint density at radius 3 is 1.36 bits per heavy atom. The summed E-state index contributed by atoms with van der Waals surface area (Å²) in [6.45, 7) is 40.4. The lowest BCUT2D eigenvalue weighted by Gasteiger charge is -2.40. The van der Waals surface area contributed by atoms with Crippen molar-refractivity contribution < 1.29 is 118 Å². The van der Waals surface area contributed by atoms with Crippen LogP contribution in [0.5, 0.6) is 0 Å². The van der Waals surface area contributed by atoms with Crippen molar-refractivity contribution in [1.29, 1.82) is 5.26 Å². The van der Waals surface area contributed by atoms with E-state index in [1.54, 1.807) is 108 Å². The van der Waals surface area contributed by atoms with Gasteiger partial charge in [-0.1, -0.05) is 119 Å². The van der Waals surface area contributed by atoms with E-state index in [9.17, 15) is 48.6 Å². The van der Waals surface area contributed by atoms with E-state index in [2.05, 4.69) is 90.8 Å². The summed E-state index contributed by atoms with van der Waals surface area (Å²) >= 11 is 5.94. The van der Waals surface area contributed by atoms with Crippen LogP contribution in [0, 0.1) is 36.3 Å². The number of aromatic nitrogens is 16. The second-order valence-electron chi connectivity index (χ2n) is 35.9. The lowest BCUT2D eigenvalue weighted by Crippen LogP contribution is -2.50. The van der Waals surface area contributed by atoms with Gasteiger partial charge in [-0.2, -0.15) is 15.2 Å². The van der Waals surface area contributed by atoms with Crippen LogP contribution in [0.1, 0.15) is 154 Å².